The van der Waals surface area contributed by atoms with Crippen LogP contribution in [0.25, 0.3) is 0 Å². The van der Waals surface area contributed by atoms with Gasteiger partial charge in [-0.1, -0.05) is 11.6 Å². The summed E-state index contributed by atoms with van der Waals surface area (Å²) >= 11 is 7.90. The van der Waals surface area contributed by atoms with Crippen molar-refractivity contribution in [3.8, 4) is 0 Å². The Balaban J connectivity index is 2.11. The van der Waals surface area contributed by atoms with Crippen LogP contribution in [0.2, 0.25) is 5.02 Å². The van der Waals surface area contributed by atoms with Gasteiger partial charge >= 0.3 is 0 Å². The summed E-state index contributed by atoms with van der Waals surface area (Å²) in [5.74, 6) is 0. The molecule has 0 saturated carbocycles. The summed E-state index contributed by atoms with van der Waals surface area (Å²) in [5.41, 5.74) is 8.45. The molecule has 1 unspecified atom stereocenters. The highest BCUT2D eigenvalue weighted by Gasteiger charge is 2.17. The molecule has 0 fully saturated rings. The molecule has 0 saturated heterocycles. The van der Waals surface area contributed by atoms with Gasteiger partial charge in [-0.15, -0.1) is 0 Å². The number of thiophene rings is 1. The first-order valence-corrected chi connectivity index (χ1v) is 7.52. The molecule has 0 radical (unpaired) electrons. The smallest absolute Gasteiger partial charge is 0.0834 e. The van der Waals surface area contributed by atoms with Crippen LogP contribution in [0.5, 0.6) is 0 Å². The number of nitrogens with two attached hydrogens (primary N) is 1. The summed E-state index contributed by atoms with van der Waals surface area (Å²) in [6.07, 6.45) is 2.47. The van der Waals surface area contributed by atoms with E-state index in [1.54, 1.807) is 17.5 Å². The molecule has 0 amide bonds. The molecule has 2 rings (SSSR count). The molecule has 19 heavy (non-hydrogen) atoms. The summed E-state index contributed by atoms with van der Waals surface area (Å²) in [6, 6.07) is 1.98. The van der Waals surface area contributed by atoms with Crippen LogP contribution in [0.1, 0.15) is 17.3 Å². The largest absolute Gasteiger partial charge is 0.322 e. The quantitative estimate of drug-likeness (QED) is 0.891. The average Bonchev–Trinajstić information content (AvgIpc) is 2.96. The van der Waals surface area contributed by atoms with Crippen LogP contribution in [0.4, 0.5) is 0 Å². The Labute approximate surface area is 122 Å². The molecule has 0 aliphatic heterocycles. The van der Waals surface area contributed by atoms with Crippen LogP contribution in [-0.4, -0.2) is 35.3 Å². The van der Waals surface area contributed by atoms with Crippen molar-refractivity contribution in [3.63, 3.8) is 0 Å². The van der Waals surface area contributed by atoms with Crippen molar-refractivity contribution in [1.82, 2.24) is 14.7 Å². The van der Waals surface area contributed by atoms with Crippen molar-refractivity contribution in [1.29, 1.82) is 0 Å². The summed E-state index contributed by atoms with van der Waals surface area (Å²) in [5, 5.41) is 9.15. The lowest BCUT2D eigenvalue weighted by atomic mass is 10.1. The Morgan fingerprint density at radius 2 is 2.32 bits per heavy atom. The van der Waals surface area contributed by atoms with Crippen LogP contribution >= 0.6 is 22.9 Å². The molecule has 0 aliphatic rings. The van der Waals surface area contributed by atoms with E-state index < -0.39 is 0 Å². The first-order chi connectivity index (χ1) is 9.08. The fourth-order valence-electron chi connectivity index (χ4n) is 1.97. The van der Waals surface area contributed by atoms with E-state index in [9.17, 15) is 0 Å². The molecule has 0 spiro atoms. The summed E-state index contributed by atoms with van der Waals surface area (Å²) in [4.78, 5) is 2.11. The van der Waals surface area contributed by atoms with Crippen molar-refractivity contribution < 1.29 is 0 Å². The van der Waals surface area contributed by atoms with Gasteiger partial charge in [-0.05, 0) is 42.9 Å². The molecule has 0 aliphatic carbocycles. The van der Waals surface area contributed by atoms with Crippen LogP contribution < -0.4 is 5.73 Å². The SMILES string of the molecule is CN(C)CCn1ncc(Cl)c1C(N)Cc1ccsc1. The zero-order valence-electron chi connectivity index (χ0n) is 11.2. The average molecular weight is 299 g/mol. The van der Waals surface area contributed by atoms with E-state index in [-0.39, 0.29) is 6.04 Å². The highest BCUT2D eigenvalue weighted by molar-refractivity contribution is 7.07. The zero-order valence-corrected chi connectivity index (χ0v) is 12.8. The summed E-state index contributed by atoms with van der Waals surface area (Å²) in [7, 11) is 4.08. The maximum absolute atomic E-state index is 6.28. The lowest BCUT2D eigenvalue weighted by Crippen LogP contribution is -2.24. The third-order valence-electron chi connectivity index (χ3n) is 2.98. The Morgan fingerprint density at radius 3 is 2.95 bits per heavy atom. The number of hydrogen-bond acceptors (Lipinski definition) is 4. The fraction of sp³-hybridized carbons (Fsp3) is 0.462. The van der Waals surface area contributed by atoms with E-state index in [2.05, 4.69) is 26.8 Å². The zero-order chi connectivity index (χ0) is 13.8. The minimum Gasteiger partial charge on any atom is -0.322 e. The maximum Gasteiger partial charge on any atom is 0.0834 e. The van der Waals surface area contributed by atoms with Crippen molar-refractivity contribution in [2.24, 2.45) is 5.73 Å². The monoisotopic (exact) mass is 298 g/mol. The highest BCUT2D eigenvalue weighted by atomic mass is 35.5. The summed E-state index contributed by atoms with van der Waals surface area (Å²) in [6.45, 7) is 1.71. The van der Waals surface area contributed by atoms with Crippen molar-refractivity contribution >= 4 is 22.9 Å². The van der Waals surface area contributed by atoms with Crippen LogP contribution in [0, 0.1) is 0 Å². The Kier molecular flexibility index (Phi) is 4.99. The number of rotatable bonds is 6. The number of likely N-dealkylation sites (N-methyl/N-ethyl adjacent to an activating group) is 1. The Morgan fingerprint density at radius 1 is 1.53 bits per heavy atom. The van der Waals surface area contributed by atoms with Gasteiger partial charge in [-0.2, -0.15) is 16.4 Å². The number of hydrogen-bond donors (Lipinski definition) is 1. The lowest BCUT2D eigenvalue weighted by Gasteiger charge is -2.16. The molecular weight excluding hydrogens is 280 g/mol. The molecule has 0 bridgehead atoms. The first kappa shape index (κ1) is 14.5. The lowest BCUT2D eigenvalue weighted by molar-refractivity contribution is 0.366. The molecule has 0 aromatic carbocycles. The van der Waals surface area contributed by atoms with E-state index in [1.807, 2.05) is 18.8 Å². The molecule has 2 aromatic heterocycles. The minimum atomic E-state index is -0.119. The van der Waals surface area contributed by atoms with Crippen molar-refractivity contribution in [2.45, 2.75) is 19.0 Å². The van der Waals surface area contributed by atoms with Gasteiger partial charge in [0.1, 0.15) is 0 Å². The van der Waals surface area contributed by atoms with E-state index >= 15 is 0 Å². The Bertz CT molecular complexity index is 507. The van der Waals surface area contributed by atoms with Gasteiger partial charge < -0.3 is 10.6 Å². The standard InChI is InChI=1S/C13H19ClN4S/c1-17(2)4-5-18-13(11(14)8-16-18)12(15)7-10-3-6-19-9-10/h3,6,8-9,12H,4-5,7,15H2,1-2H3. The van der Waals surface area contributed by atoms with Crippen LogP contribution in [0.15, 0.2) is 23.0 Å². The summed E-state index contributed by atoms with van der Waals surface area (Å²) < 4.78 is 1.92. The number of halogens is 1. The molecule has 2 aromatic rings. The maximum atomic E-state index is 6.28. The molecule has 2 N–H and O–H groups in total. The molecule has 2 heterocycles. The van der Waals surface area contributed by atoms with E-state index in [0.717, 1.165) is 25.2 Å². The first-order valence-electron chi connectivity index (χ1n) is 6.20. The number of nitrogens with zero attached hydrogens (tertiary/aromatic N) is 3. The molecule has 104 valence electrons. The van der Waals surface area contributed by atoms with Gasteiger partial charge in [0.2, 0.25) is 0 Å². The van der Waals surface area contributed by atoms with E-state index in [4.69, 9.17) is 17.3 Å². The minimum absolute atomic E-state index is 0.119. The third-order valence-corrected chi connectivity index (χ3v) is 4.00. The topological polar surface area (TPSA) is 47.1 Å². The number of aromatic nitrogens is 2. The van der Waals surface area contributed by atoms with Crippen LogP contribution in [0.3, 0.4) is 0 Å². The van der Waals surface area contributed by atoms with Gasteiger partial charge in [-0.25, -0.2) is 0 Å². The Hall–Kier alpha value is -0.880. The van der Waals surface area contributed by atoms with E-state index in [0.29, 0.717) is 5.02 Å². The second-order valence-corrected chi connectivity index (χ2v) is 6.03. The van der Waals surface area contributed by atoms with Gasteiger partial charge in [0.05, 0.1) is 29.5 Å². The molecule has 6 heteroatoms. The normalized spacial score (nSPS) is 13.1. The molecule has 1 atom stereocenters. The van der Waals surface area contributed by atoms with Gasteiger partial charge in [0.25, 0.3) is 0 Å². The molecular formula is C13H19ClN4S. The van der Waals surface area contributed by atoms with Gasteiger partial charge in [0, 0.05) is 6.54 Å². The van der Waals surface area contributed by atoms with E-state index in [1.165, 1.54) is 5.56 Å². The predicted molar refractivity (Wildman–Crippen MR) is 80.7 cm³/mol. The highest BCUT2D eigenvalue weighted by Crippen LogP contribution is 2.24. The van der Waals surface area contributed by atoms with Crippen molar-refractivity contribution in [3.05, 3.63) is 39.3 Å². The fourth-order valence-corrected chi connectivity index (χ4v) is 2.94. The predicted octanol–water partition coefficient (Wildman–Crippen LogP) is 2.40. The van der Waals surface area contributed by atoms with Crippen molar-refractivity contribution in [2.75, 3.05) is 20.6 Å². The third kappa shape index (κ3) is 3.79. The molecule has 4 nitrogen and oxygen atoms in total. The second kappa shape index (κ2) is 6.52. The van der Waals surface area contributed by atoms with Gasteiger partial charge in [-0.3, -0.25) is 4.68 Å². The van der Waals surface area contributed by atoms with Crippen LogP contribution in [-0.2, 0) is 13.0 Å². The second-order valence-electron chi connectivity index (χ2n) is 4.85. The van der Waals surface area contributed by atoms with Gasteiger partial charge in [0.15, 0.2) is 0 Å².